The number of hydrogen-bond donors (Lipinski definition) is 4. The van der Waals surface area contributed by atoms with Crippen molar-refractivity contribution in [2.24, 2.45) is 0 Å². The Bertz CT molecular complexity index is 709. The lowest BCUT2D eigenvalue weighted by atomic mass is 9.95. The maximum atomic E-state index is 14.6. The predicted octanol–water partition coefficient (Wildman–Crippen LogP) is 2.83. The Morgan fingerprint density at radius 1 is 1.54 bits per heavy atom. The number of carbonyl (C=O) groups excluding carboxylic acids is 1. The Labute approximate surface area is 158 Å². The van der Waals surface area contributed by atoms with Crippen LogP contribution in [0.15, 0.2) is 18.2 Å². The molecule has 2 saturated heterocycles. The second-order valence-corrected chi connectivity index (χ2v) is 9.11. The molecule has 2 unspecified atom stereocenters. The minimum Gasteiger partial charge on any atom is -0.442 e. The molecule has 7 nitrogen and oxygen atoms in total. The number of amides is 1. The highest BCUT2D eigenvalue weighted by Gasteiger charge is 2.33. The van der Waals surface area contributed by atoms with E-state index in [0.29, 0.717) is 42.3 Å². The minimum absolute atomic E-state index is 0.142. The van der Waals surface area contributed by atoms with Gasteiger partial charge in [-0.25, -0.2) is 13.9 Å². The first kappa shape index (κ1) is 19.3. The molecule has 26 heavy (non-hydrogen) atoms. The predicted molar refractivity (Wildman–Crippen MR) is 103 cm³/mol. The molecule has 1 aromatic carbocycles. The van der Waals surface area contributed by atoms with E-state index in [9.17, 15) is 18.3 Å². The molecule has 2 heterocycles. The maximum Gasteiger partial charge on any atom is 0.414 e. The fourth-order valence-electron chi connectivity index (χ4n) is 3.09. The molecule has 0 aromatic heterocycles. The van der Waals surface area contributed by atoms with Crippen LogP contribution in [0.1, 0.15) is 24.8 Å². The van der Waals surface area contributed by atoms with Gasteiger partial charge in [0, 0.05) is 12.5 Å². The fourth-order valence-corrected chi connectivity index (χ4v) is 4.40. The number of halogens is 1. The van der Waals surface area contributed by atoms with Gasteiger partial charge in [0.2, 0.25) is 0 Å². The molecule has 0 spiro atoms. The number of thiocarbonyl (C=S) groups is 1. The summed E-state index contributed by atoms with van der Waals surface area (Å²) in [5.74, 6) is -0.362. The van der Waals surface area contributed by atoms with Crippen molar-refractivity contribution in [2.45, 2.75) is 25.4 Å². The largest absolute Gasteiger partial charge is 0.442 e. The summed E-state index contributed by atoms with van der Waals surface area (Å²) in [6, 6.07) is 4.66. The number of cyclic esters (lactones) is 1. The Balaban J connectivity index is 1.68. The van der Waals surface area contributed by atoms with Crippen LogP contribution in [-0.2, 0) is 4.74 Å². The zero-order valence-electron chi connectivity index (χ0n) is 14.3. The van der Waals surface area contributed by atoms with E-state index in [4.69, 9.17) is 17.0 Å². The number of rotatable bonds is 4. The average Bonchev–Trinajstić information content (AvgIpc) is 2.94. The first-order chi connectivity index (χ1) is 12.2. The number of nitrogens with one attached hydrogen (secondary N) is 2. The lowest BCUT2D eigenvalue weighted by Crippen LogP contribution is -2.34. The zero-order valence-corrected chi connectivity index (χ0v) is 15.9. The van der Waals surface area contributed by atoms with Crippen LogP contribution in [0.4, 0.5) is 14.9 Å². The molecule has 2 atom stereocenters. The van der Waals surface area contributed by atoms with Gasteiger partial charge in [0.15, 0.2) is 0 Å². The molecule has 0 bridgehead atoms. The molecule has 2 aliphatic heterocycles. The van der Waals surface area contributed by atoms with E-state index in [-0.39, 0.29) is 17.8 Å². The van der Waals surface area contributed by atoms with Crippen molar-refractivity contribution in [2.75, 3.05) is 30.3 Å². The van der Waals surface area contributed by atoms with Crippen LogP contribution in [0.5, 0.6) is 0 Å². The zero-order chi connectivity index (χ0) is 18.9. The first-order valence-corrected chi connectivity index (χ1v) is 10.4. The van der Waals surface area contributed by atoms with E-state index >= 15 is 0 Å². The van der Waals surface area contributed by atoms with Gasteiger partial charge in [-0.05, 0) is 31.0 Å². The van der Waals surface area contributed by atoms with Gasteiger partial charge in [0.1, 0.15) is 11.9 Å². The molecule has 0 radical (unpaired) electrons. The Morgan fingerprint density at radius 3 is 2.92 bits per heavy atom. The van der Waals surface area contributed by atoms with Crippen molar-refractivity contribution in [3.8, 4) is 0 Å². The summed E-state index contributed by atoms with van der Waals surface area (Å²) in [6.07, 6.45) is -0.377. The number of ether oxygens (including phenoxy) is 1. The van der Waals surface area contributed by atoms with E-state index in [0.717, 1.165) is 0 Å². The summed E-state index contributed by atoms with van der Waals surface area (Å²) >= 11 is 4.94. The summed E-state index contributed by atoms with van der Waals surface area (Å²) < 4.78 is 41.7. The van der Waals surface area contributed by atoms with Crippen molar-refractivity contribution >= 4 is 39.8 Å². The smallest absolute Gasteiger partial charge is 0.414 e. The van der Waals surface area contributed by atoms with Gasteiger partial charge >= 0.3 is 6.09 Å². The third kappa shape index (κ3) is 4.44. The van der Waals surface area contributed by atoms with Gasteiger partial charge in [-0.1, -0.05) is 18.3 Å². The van der Waals surface area contributed by atoms with Crippen molar-refractivity contribution in [1.29, 1.82) is 0 Å². The molecule has 0 saturated carbocycles. The highest BCUT2D eigenvalue weighted by atomic mass is 32.3. The molecule has 1 amide bonds. The van der Waals surface area contributed by atoms with Crippen LogP contribution < -0.4 is 14.9 Å². The van der Waals surface area contributed by atoms with Crippen molar-refractivity contribution in [3.63, 3.8) is 0 Å². The highest BCUT2D eigenvalue weighted by molar-refractivity contribution is 8.22. The monoisotopic (exact) mass is 403 g/mol. The summed E-state index contributed by atoms with van der Waals surface area (Å²) in [5, 5.41) is 2.96. The van der Waals surface area contributed by atoms with Gasteiger partial charge in [-0.15, -0.1) is 10.8 Å². The second-order valence-electron chi connectivity index (χ2n) is 6.46. The molecule has 144 valence electrons. The van der Waals surface area contributed by atoms with E-state index < -0.39 is 22.7 Å². The van der Waals surface area contributed by atoms with Crippen molar-refractivity contribution in [1.82, 2.24) is 10.0 Å². The van der Waals surface area contributed by atoms with Gasteiger partial charge in [0.05, 0.1) is 29.5 Å². The van der Waals surface area contributed by atoms with Gasteiger partial charge in [-0.3, -0.25) is 14.0 Å². The van der Waals surface area contributed by atoms with Gasteiger partial charge < -0.3 is 10.1 Å². The summed E-state index contributed by atoms with van der Waals surface area (Å²) in [4.78, 5) is 14.1. The molecular weight excluding hydrogens is 381 g/mol. The first-order valence-electron chi connectivity index (χ1n) is 8.28. The van der Waals surface area contributed by atoms with Crippen molar-refractivity contribution in [3.05, 3.63) is 29.6 Å². The Morgan fingerprint density at radius 2 is 2.31 bits per heavy atom. The average molecular weight is 404 g/mol. The fraction of sp³-hybridized carbons (Fsp3) is 0.500. The normalized spacial score (nSPS) is 26.3. The van der Waals surface area contributed by atoms with E-state index in [1.54, 1.807) is 19.1 Å². The lowest BCUT2D eigenvalue weighted by molar-refractivity contribution is 0.143. The third-order valence-electron chi connectivity index (χ3n) is 4.50. The molecule has 2 aliphatic rings. The number of carbonyl (C=O) groups is 1. The van der Waals surface area contributed by atoms with Crippen LogP contribution >= 0.6 is 23.0 Å². The third-order valence-corrected chi connectivity index (χ3v) is 6.08. The van der Waals surface area contributed by atoms with Gasteiger partial charge in [-0.2, -0.15) is 0 Å². The maximum absolute atomic E-state index is 14.6. The summed E-state index contributed by atoms with van der Waals surface area (Å²) in [7, 11) is -2.74. The number of anilines is 1. The Kier molecular flexibility index (Phi) is 5.68. The molecule has 4 N–H and O–H groups in total. The molecule has 1 aromatic rings. The molecule has 3 rings (SSSR count). The summed E-state index contributed by atoms with van der Waals surface area (Å²) in [6.45, 7) is 2.78. The van der Waals surface area contributed by atoms with E-state index in [1.165, 1.54) is 11.0 Å². The SMILES string of the molecule is CC(=S)NCC1CN(c2ccc(C3CCS(O)(O)NC3)c(F)c2)C(=O)O1. The highest BCUT2D eigenvalue weighted by Crippen LogP contribution is 2.42. The van der Waals surface area contributed by atoms with Crippen molar-refractivity contribution < 1.29 is 23.0 Å². The van der Waals surface area contributed by atoms with Crippen LogP contribution in [0.3, 0.4) is 0 Å². The van der Waals surface area contributed by atoms with Crippen LogP contribution in [0.2, 0.25) is 0 Å². The topological polar surface area (TPSA) is 94.1 Å². The minimum atomic E-state index is -2.74. The van der Waals surface area contributed by atoms with Gasteiger partial charge in [0.25, 0.3) is 0 Å². The molecule has 0 aliphatic carbocycles. The number of nitrogens with zero attached hydrogens (tertiary/aromatic N) is 1. The number of hydrogen-bond acceptors (Lipinski definition) is 6. The van der Waals surface area contributed by atoms with E-state index in [2.05, 4.69) is 10.0 Å². The standard InChI is InChI=1S/C16H22FN3O4S2/c1-10(25)18-8-13-9-20(16(21)24-13)12-2-3-14(15(17)6-12)11-4-5-26(22,23)19-7-11/h2-3,6,11,13,19,22-23H,4-5,7-9H2,1H3,(H,18,25). The van der Waals surface area contributed by atoms with E-state index in [1.807, 2.05) is 0 Å². The van der Waals surface area contributed by atoms with Crippen LogP contribution in [0, 0.1) is 5.82 Å². The quantitative estimate of drug-likeness (QED) is 0.575. The molecular formula is C16H22FN3O4S2. The van der Waals surface area contributed by atoms with Crippen LogP contribution in [0.25, 0.3) is 0 Å². The lowest BCUT2D eigenvalue weighted by Gasteiger charge is -2.40. The number of benzene rings is 1. The summed E-state index contributed by atoms with van der Waals surface area (Å²) in [5.41, 5.74) is 0.934. The van der Waals surface area contributed by atoms with Crippen LogP contribution in [-0.4, -0.2) is 51.7 Å². The molecule has 10 heteroatoms. The molecule has 2 fully saturated rings. The second kappa shape index (κ2) is 7.65. The Hall–Kier alpha value is -1.46.